The van der Waals surface area contributed by atoms with Crippen molar-refractivity contribution in [3.63, 3.8) is 0 Å². The molecule has 3 fully saturated rings. The van der Waals surface area contributed by atoms with Crippen LogP contribution in [0.1, 0.15) is 31.2 Å². The molecule has 0 radical (unpaired) electrons. The molecular formula is C25H27FN4O5. The van der Waals surface area contributed by atoms with Crippen LogP contribution in [-0.2, 0) is 20.9 Å². The normalized spacial score (nSPS) is 25.1. The second kappa shape index (κ2) is 8.83. The Morgan fingerprint density at radius 3 is 2.60 bits per heavy atom. The molecule has 1 heterocycles. The fourth-order valence-corrected chi connectivity index (χ4v) is 5.15. The van der Waals surface area contributed by atoms with Gasteiger partial charge in [-0.1, -0.05) is 18.2 Å². The van der Waals surface area contributed by atoms with Gasteiger partial charge in [0.2, 0.25) is 5.91 Å². The predicted molar refractivity (Wildman–Crippen MR) is 122 cm³/mol. The first-order valence-corrected chi connectivity index (χ1v) is 11.8. The van der Waals surface area contributed by atoms with Crippen molar-refractivity contribution < 1.29 is 28.3 Å². The topological polar surface area (TPSA) is 108 Å². The summed E-state index contributed by atoms with van der Waals surface area (Å²) in [5, 5.41) is 4.95. The molecule has 1 aromatic rings. The number of hydrogen-bond donors (Lipinski definition) is 2. The van der Waals surface area contributed by atoms with Gasteiger partial charge in [-0.2, -0.15) is 0 Å². The summed E-state index contributed by atoms with van der Waals surface area (Å²) in [6.07, 6.45) is 5.46. The van der Waals surface area contributed by atoms with E-state index in [4.69, 9.17) is 4.74 Å². The molecule has 1 spiro atoms. The molecule has 5 rings (SSSR count). The highest BCUT2D eigenvalue weighted by molar-refractivity contribution is 6.03. The van der Waals surface area contributed by atoms with E-state index in [0.717, 1.165) is 18.4 Å². The third-order valence-corrected chi connectivity index (χ3v) is 7.11. The van der Waals surface area contributed by atoms with E-state index in [1.165, 1.54) is 30.2 Å². The molecule has 9 nitrogen and oxygen atoms in total. The van der Waals surface area contributed by atoms with Crippen molar-refractivity contribution in [3.8, 4) is 0 Å². The fourth-order valence-electron chi connectivity index (χ4n) is 5.15. The van der Waals surface area contributed by atoms with Crippen LogP contribution in [0.2, 0.25) is 0 Å². The molecule has 2 saturated carbocycles. The summed E-state index contributed by atoms with van der Waals surface area (Å²) >= 11 is 0. The predicted octanol–water partition coefficient (Wildman–Crippen LogP) is 2.24. The molecule has 4 amide bonds. The smallest absolute Gasteiger partial charge is 0.411 e. The highest BCUT2D eigenvalue weighted by Crippen LogP contribution is 2.48. The van der Waals surface area contributed by atoms with Gasteiger partial charge in [0.1, 0.15) is 12.4 Å². The fraction of sp³-hybridized carbons (Fsp3) is 0.440. The zero-order chi connectivity index (χ0) is 24.7. The maximum absolute atomic E-state index is 13.3. The van der Waals surface area contributed by atoms with E-state index in [1.54, 1.807) is 23.1 Å². The van der Waals surface area contributed by atoms with Crippen molar-refractivity contribution >= 4 is 23.8 Å². The Balaban J connectivity index is 1.29. The number of amides is 4. The highest BCUT2D eigenvalue weighted by Gasteiger charge is 2.56. The number of ether oxygens (including phenoxy) is 1. The standard InChI is InChI=1S/C25H27FN4O5/c1-27-23(33)28-20-9-8-19-18(22(20)32)10-11-25(19)14-29(24(34)35-25)13-21(31)30(17-6-7-17)12-15-2-4-16(26)5-3-15/h2-5,8-9,17-18H,6-7,10-14H2,1H3,(H2,27,28,33)/t18?,25-/m0/s1. The molecule has 10 heteroatoms. The molecule has 4 aliphatic rings. The van der Waals surface area contributed by atoms with Crippen LogP contribution in [0.25, 0.3) is 0 Å². The first kappa shape index (κ1) is 23.1. The molecule has 2 N–H and O–H groups in total. The van der Waals surface area contributed by atoms with Crippen LogP contribution < -0.4 is 10.6 Å². The minimum atomic E-state index is -0.950. The van der Waals surface area contributed by atoms with Gasteiger partial charge in [0.05, 0.1) is 12.2 Å². The average molecular weight is 483 g/mol. The Hall–Kier alpha value is -3.69. The molecule has 1 aliphatic heterocycles. The number of Topliss-reactive ketones (excluding diaryl/α,β-unsaturated/α-hetero) is 1. The van der Waals surface area contributed by atoms with Crippen molar-refractivity contribution in [2.75, 3.05) is 20.1 Å². The van der Waals surface area contributed by atoms with E-state index in [9.17, 15) is 23.6 Å². The van der Waals surface area contributed by atoms with E-state index in [1.807, 2.05) is 0 Å². The zero-order valence-electron chi connectivity index (χ0n) is 19.4. The van der Waals surface area contributed by atoms with Gasteiger partial charge in [-0.3, -0.25) is 14.5 Å². The Labute approximate surface area is 202 Å². The first-order chi connectivity index (χ1) is 16.8. The lowest BCUT2D eigenvalue weighted by Gasteiger charge is -2.27. The molecule has 35 heavy (non-hydrogen) atoms. The van der Waals surface area contributed by atoms with Crippen LogP contribution in [0.5, 0.6) is 0 Å². The van der Waals surface area contributed by atoms with E-state index < -0.39 is 23.6 Å². The Morgan fingerprint density at radius 1 is 1.17 bits per heavy atom. The number of ketones is 1. The summed E-state index contributed by atoms with van der Waals surface area (Å²) in [7, 11) is 1.47. The zero-order valence-corrected chi connectivity index (χ0v) is 19.4. The van der Waals surface area contributed by atoms with Gasteiger partial charge in [-0.15, -0.1) is 0 Å². The van der Waals surface area contributed by atoms with E-state index in [0.29, 0.717) is 25.0 Å². The van der Waals surface area contributed by atoms with E-state index in [-0.39, 0.29) is 42.3 Å². The van der Waals surface area contributed by atoms with Gasteiger partial charge in [0.15, 0.2) is 11.4 Å². The minimum absolute atomic E-state index is 0.117. The number of carbonyl (C=O) groups is 4. The summed E-state index contributed by atoms with van der Waals surface area (Å²) in [5.74, 6) is -1.21. The van der Waals surface area contributed by atoms with Gasteiger partial charge in [-0.05, 0) is 55.0 Å². The van der Waals surface area contributed by atoms with Gasteiger partial charge in [-0.25, -0.2) is 14.0 Å². The molecule has 1 unspecified atom stereocenters. The number of carbonyl (C=O) groups excluding carboxylic acids is 4. The minimum Gasteiger partial charge on any atom is -0.436 e. The molecule has 0 bridgehead atoms. The highest BCUT2D eigenvalue weighted by atomic mass is 19.1. The summed E-state index contributed by atoms with van der Waals surface area (Å²) in [6.45, 7) is 0.420. The van der Waals surface area contributed by atoms with Crippen molar-refractivity contribution in [1.29, 1.82) is 0 Å². The number of benzene rings is 1. The maximum atomic E-state index is 13.3. The quantitative estimate of drug-likeness (QED) is 0.647. The van der Waals surface area contributed by atoms with Gasteiger partial charge in [0, 0.05) is 25.6 Å². The number of rotatable bonds is 6. The van der Waals surface area contributed by atoms with Crippen LogP contribution in [0, 0.1) is 11.7 Å². The number of halogens is 1. The molecule has 3 aliphatic carbocycles. The van der Waals surface area contributed by atoms with Crippen LogP contribution >= 0.6 is 0 Å². The molecule has 2 atom stereocenters. The number of fused-ring (bicyclic) bond motifs is 2. The SMILES string of the molecule is CNC(=O)NC1=CC=C2C(CC[C@]23CN(CC(=O)N(Cc2ccc(F)cc2)C2CC2)C(=O)O3)C1=O. The lowest BCUT2D eigenvalue weighted by molar-refractivity contribution is -0.133. The average Bonchev–Trinajstić information content (AvgIpc) is 3.55. The van der Waals surface area contributed by atoms with Crippen molar-refractivity contribution in [2.24, 2.45) is 5.92 Å². The Morgan fingerprint density at radius 2 is 1.91 bits per heavy atom. The molecule has 0 aromatic heterocycles. The third-order valence-electron chi connectivity index (χ3n) is 7.11. The van der Waals surface area contributed by atoms with Crippen LogP contribution in [0.4, 0.5) is 14.0 Å². The summed E-state index contributed by atoms with van der Waals surface area (Å²) < 4.78 is 19.1. The summed E-state index contributed by atoms with van der Waals surface area (Å²) in [4.78, 5) is 53.7. The van der Waals surface area contributed by atoms with Crippen molar-refractivity contribution in [3.05, 3.63) is 59.1 Å². The Bertz CT molecular complexity index is 1140. The maximum Gasteiger partial charge on any atom is 0.411 e. The second-order valence-electron chi connectivity index (χ2n) is 9.46. The van der Waals surface area contributed by atoms with Crippen LogP contribution in [0.3, 0.4) is 0 Å². The number of nitrogens with zero attached hydrogens (tertiary/aromatic N) is 2. The molecule has 184 valence electrons. The van der Waals surface area contributed by atoms with Gasteiger partial charge < -0.3 is 20.3 Å². The van der Waals surface area contributed by atoms with E-state index >= 15 is 0 Å². The molecular weight excluding hydrogens is 455 g/mol. The second-order valence-corrected chi connectivity index (χ2v) is 9.46. The Kier molecular flexibility index (Phi) is 5.82. The third kappa shape index (κ3) is 4.40. The largest absolute Gasteiger partial charge is 0.436 e. The molecule has 1 saturated heterocycles. The van der Waals surface area contributed by atoms with Gasteiger partial charge in [0.25, 0.3) is 0 Å². The summed E-state index contributed by atoms with van der Waals surface area (Å²) in [5.41, 5.74) is 0.782. The molecule has 1 aromatic carbocycles. The monoisotopic (exact) mass is 482 g/mol. The summed E-state index contributed by atoms with van der Waals surface area (Å²) in [6, 6.07) is 5.68. The van der Waals surface area contributed by atoms with Crippen molar-refractivity contribution in [2.45, 2.75) is 43.9 Å². The number of urea groups is 1. The number of hydrogen-bond acceptors (Lipinski definition) is 5. The van der Waals surface area contributed by atoms with Crippen molar-refractivity contribution in [1.82, 2.24) is 20.4 Å². The van der Waals surface area contributed by atoms with Crippen LogP contribution in [0.15, 0.2) is 47.7 Å². The van der Waals surface area contributed by atoms with Crippen LogP contribution in [-0.4, -0.2) is 65.4 Å². The number of nitrogens with one attached hydrogen (secondary N) is 2. The van der Waals surface area contributed by atoms with Gasteiger partial charge >= 0.3 is 12.1 Å². The first-order valence-electron chi connectivity index (χ1n) is 11.8. The number of allylic oxidation sites excluding steroid dienone is 3. The lowest BCUT2D eigenvalue weighted by Crippen LogP contribution is -2.43. The lowest BCUT2D eigenvalue weighted by atomic mass is 9.85. The van der Waals surface area contributed by atoms with E-state index in [2.05, 4.69) is 10.6 Å².